The zero-order valence-corrected chi connectivity index (χ0v) is 23.6. The van der Waals surface area contributed by atoms with Crippen LogP contribution in [0.1, 0.15) is 39.3 Å². The molecule has 0 radical (unpaired) electrons. The first-order valence-electron chi connectivity index (χ1n) is 11.5. The molecule has 13 heteroatoms. The Labute approximate surface area is 234 Å². The van der Waals surface area contributed by atoms with Crippen LogP contribution in [0.4, 0.5) is 0 Å². The maximum Gasteiger partial charge on any atom is 0.348 e. The highest BCUT2D eigenvalue weighted by Crippen LogP contribution is 2.38. The Balaban J connectivity index is 0.000000771. The fraction of sp³-hybridized carbons (Fsp3) is 0.269. The van der Waals surface area contributed by atoms with Gasteiger partial charge in [-0.3, -0.25) is 14.2 Å². The Morgan fingerprint density at radius 1 is 1.08 bits per heavy atom. The number of nitrogens with zero attached hydrogens (tertiary/aromatic N) is 1. The van der Waals surface area contributed by atoms with Crippen molar-refractivity contribution in [1.29, 1.82) is 0 Å². The number of esters is 3. The number of methoxy groups -OCH3 is 1. The molecule has 0 fully saturated rings. The van der Waals surface area contributed by atoms with Crippen molar-refractivity contribution in [3.05, 3.63) is 81.2 Å². The van der Waals surface area contributed by atoms with E-state index in [1.807, 2.05) is 23.1 Å². The second-order valence-electron chi connectivity index (χ2n) is 8.39. The summed E-state index contributed by atoms with van der Waals surface area (Å²) >= 11 is 7.77. The lowest BCUT2D eigenvalue weighted by molar-refractivity contribution is -0.147. The molecule has 1 N–H and O–H groups in total. The molecule has 0 saturated carbocycles. The number of para-hydroxylation sites is 1. The van der Waals surface area contributed by atoms with Gasteiger partial charge in [-0.25, -0.2) is 9.59 Å². The number of hydrogen-bond acceptors (Lipinski definition) is 10. The molecule has 1 aliphatic rings. The zero-order valence-electron chi connectivity index (χ0n) is 21.2. The average Bonchev–Trinajstić information content (AvgIpc) is 3.25. The molecule has 0 spiro atoms. The van der Waals surface area contributed by atoms with Crippen molar-refractivity contribution in [3.8, 4) is 10.8 Å². The summed E-state index contributed by atoms with van der Waals surface area (Å²) in [6.45, 7) is 2.35. The maximum absolute atomic E-state index is 12.8. The number of fused-ring (bicyclic) bond motifs is 1. The molecule has 1 aromatic heterocycles. The van der Waals surface area contributed by atoms with Gasteiger partial charge in [0.05, 0.1) is 13.4 Å². The van der Waals surface area contributed by atoms with Gasteiger partial charge in [-0.2, -0.15) is 8.42 Å². The third-order valence-corrected chi connectivity index (χ3v) is 6.88. The van der Waals surface area contributed by atoms with E-state index in [2.05, 4.69) is 0 Å². The van der Waals surface area contributed by atoms with E-state index in [9.17, 15) is 22.8 Å². The second kappa shape index (κ2) is 13.2. The van der Waals surface area contributed by atoms with Crippen LogP contribution in [-0.2, 0) is 37.4 Å². The van der Waals surface area contributed by atoms with Crippen molar-refractivity contribution in [1.82, 2.24) is 4.90 Å². The summed E-state index contributed by atoms with van der Waals surface area (Å²) < 4.78 is 41.6. The smallest absolute Gasteiger partial charge is 0.348 e. The van der Waals surface area contributed by atoms with E-state index in [0.29, 0.717) is 41.4 Å². The number of benzene rings is 2. The summed E-state index contributed by atoms with van der Waals surface area (Å²) in [6.07, 6.45) is 1.40. The van der Waals surface area contributed by atoms with Crippen LogP contribution in [0.15, 0.2) is 54.6 Å². The van der Waals surface area contributed by atoms with Crippen molar-refractivity contribution < 1.29 is 41.6 Å². The van der Waals surface area contributed by atoms with E-state index < -0.39 is 28.1 Å². The van der Waals surface area contributed by atoms with Crippen LogP contribution in [0.3, 0.4) is 0 Å². The summed E-state index contributed by atoms with van der Waals surface area (Å²) in [4.78, 5) is 39.8. The molecule has 0 saturated heterocycles. The number of hydrogen-bond donors (Lipinski definition) is 1. The first-order chi connectivity index (χ1) is 18.4. The Hall–Kier alpha value is -3.29. The number of rotatable bonds is 6. The molecule has 0 aliphatic carbocycles. The van der Waals surface area contributed by atoms with Crippen LogP contribution in [-0.4, -0.2) is 55.7 Å². The van der Waals surface area contributed by atoms with Crippen molar-refractivity contribution >= 4 is 51.0 Å². The van der Waals surface area contributed by atoms with Gasteiger partial charge in [-0.15, -0.1) is 11.3 Å². The van der Waals surface area contributed by atoms with Crippen LogP contribution in [0.5, 0.6) is 10.8 Å². The molecule has 0 bridgehead atoms. The van der Waals surface area contributed by atoms with E-state index in [0.717, 1.165) is 10.4 Å². The van der Waals surface area contributed by atoms with E-state index in [-0.39, 0.29) is 17.3 Å². The number of ether oxygens (including phenoxy) is 3. The molecule has 1 atom stereocenters. The van der Waals surface area contributed by atoms with Crippen molar-refractivity contribution in [2.45, 2.75) is 25.9 Å². The Morgan fingerprint density at radius 3 is 2.36 bits per heavy atom. The second-order valence-corrected chi connectivity index (χ2v) is 11.4. The Bertz CT molecular complexity index is 1460. The van der Waals surface area contributed by atoms with Gasteiger partial charge in [0.15, 0.2) is 5.06 Å². The lowest BCUT2D eigenvalue weighted by Crippen LogP contribution is -2.38. The van der Waals surface area contributed by atoms with Crippen LogP contribution in [0.25, 0.3) is 0 Å². The Kier molecular flexibility index (Phi) is 10.2. The molecule has 39 heavy (non-hydrogen) atoms. The highest BCUT2D eigenvalue weighted by Gasteiger charge is 2.33. The number of carbonyl (C=O) groups is 3. The van der Waals surface area contributed by atoms with Crippen LogP contribution in [0.2, 0.25) is 5.02 Å². The number of thiophene rings is 1. The summed E-state index contributed by atoms with van der Waals surface area (Å²) in [6, 6.07) is 14.8. The highest BCUT2D eigenvalue weighted by molar-refractivity contribution is 7.85. The molecule has 1 unspecified atom stereocenters. The minimum atomic E-state index is -3.67. The van der Waals surface area contributed by atoms with Gasteiger partial charge < -0.3 is 14.2 Å². The van der Waals surface area contributed by atoms with Gasteiger partial charge in [0.25, 0.3) is 10.1 Å². The quantitative estimate of drug-likeness (QED) is 0.249. The molecular formula is C26H26ClNO9S2. The third-order valence-electron chi connectivity index (χ3n) is 5.42. The topological polar surface area (TPSA) is 137 Å². The number of halogens is 1. The molecule has 4 rings (SSSR count). The molecule has 1 aliphatic heterocycles. The average molecular weight is 596 g/mol. The first kappa shape index (κ1) is 30.3. The fourth-order valence-corrected chi connectivity index (χ4v) is 5.15. The van der Waals surface area contributed by atoms with E-state index >= 15 is 0 Å². The molecule has 0 amide bonds. The summed E-state index contributed by atoms with van der Waals surface area (Å²) in [5.41, 5.74) is 1.81. The zero-order chi connectivity index (χ0) is 28.7. The molecule has 208 valence electrons. The van der Waals surface area contributed by atoms with Crippen LogP contribution in [0, 0.1) is 0 Å². The molecule has 2 aromatic carbocycles. The van der Waals surface area contributed by atoms with Gasteiger partial charge in [-0.1, -0.05) is 41.9 Å². The van der Waals surface area contributed by atoms with Gasteiger partial charge in [-0.05, 0) is 41.8 Å². The molecule has 10 nitrogen and oxygen atoms in total. The van der Waals surface area contributed by atoms with Gasteiger partial charge in [0.1, 0.15) is 17.4 Å². The van der Waals surface area contributed by atoms with E-state index in [4.69, 9.17) is 30.4 Å². The summed E-state index contributed by atoms with van der Waals surface area (Å²) in [7, 11) is -2.31. The lowest BCUT2D eigenvalue weighted by atomic mass is 10.0. The van der Waals surface area contributed by atoms with E-state index in [1.54, 1.807) is 30.3 Å². The van der Waals surface area contributed by atoms with Gasteiger partial charge >= 0.3 is 17.9 Å². The molecular weight excluding hydrogens is 570 g/mol. The van der Waals surface area contributed by atoms with Gasteiger partial charge in [0.2, 0.25) is 0 Å². The predicted molar refractivity (Wildman–Crippen MR) is 145 cm³/mol. The minimum Gasteiger partial charge on any atom is -0.468 e. The van der Waals surface area contributed by atoms with Gasteiger partial charge in [0, 0.05) is 29.9 Å². The lowest BCUT2D eigenvalue weighted by Gasteiger charge is -2.33. The minimum absolute atomic E-state index is 0.146. The van der Waals surface area contributed by atoms with Crippen molar-refractivity contribution in [2.24, 2.45) is 0 Å². The van der Waals surface area contributed by atoms with Crippen LogP contribution < -0.4 is 9.47 Å². The SMILES string of the molecule is COC(=O)C(c1ccccc1Cl)N1CCc2sc(OC(=O)c3ccccc3OC(C)=O)cc2C1.CS(=O)(=O)O. The first-order valence-corrected chi connectivity index (χ1v) is 14.5. The largest absolute Gasteiger partial charge is 0.468 e. The summed E-state index contributed by atoms with van der Waals surface area (Å²) in [5.74, 6) is -1.38. The molecule has 2 heterocycles. The maximum atomic E-state index is 12.8. The normalized spacial score (nSPS) is 13.8. The fourth-order valence-electron chi connectivity index (χ4n) is 3.90. The standard InChI is InChI=1S/C25H22ClNO6S.CH4O3S/c1-15(28)32-20-10-6-4-8-18(20)24(29)33-22-13-16-14-27(12-11-21(16)34-22)23(25(30)31-2)17-7-3-5-9-19(17)26;1-5(2,3)4/h3-10,13,23H,11-12,14H2,1-2H3;1H3,(H,2,3,4). The van der Waals surface area contributed by atoms with Crippen molar-refractivity contribution in [2.75, 3.05) is 19.9 Å². The van der Waals surface area contributed by atoms with Crippen molar-refractivity contribution in [3.63, 3.8) is 0 Å². The molecule has 3 aromatic rings. The summed E-state index contributed by atoms with van der Waals surface area (Å²) in [5, 5.41) is 0.928. The highest BCUT2D eigenvalue weighted by atomic mass is 35.5. The van der Waals surface area contributed by atoms with Crippen LogP contribution >= 0.6 is 22.9 Å². The predicted octanol–water partition coefficient (Wildman–Crippen LogP) is 4.32. The monoisotopic (exact) mass is 595 g/mol. The van der Waals surface area contributed by atoms with E-state index in [1.165, 1.54) is 31.4 Å². The Morgan fingerprint density at radius 2 is 1.72 bits per heavy atom. The number of carbonyl (C=O) groups excluding carboxylic acids is 3. The third kappa shape index (κ3) is 8.60.